The zero-order valence-corrected chi connectivity index (χ0v) is 21.0. The lowest BCUT2D eigenvalue weighted by Crippen LogP contribution is -2.38. The average Bonchev–Trinajstić information content (AvgIpc) is 3.32. The summed E-state index contributed by atoms with van der Waals surface area (Å²) in [6.45, 7) is 5.64. The monoisotopic (exact) mass is 483 g/mol. The Morgan fingerprint density at radius 1 is 1.03 bits per heavy atom. The first-order valence-electron chi connectivity index (χ1n) is 12.1. The highest BCUT2D eigenvalue weighted by Crippen LogP contribution is 2.36. The number of likely N-dealkylation sites (tertiary alicyclic amines) is 1. The van der Waals surface area contributed by atoms with Gasteiger partial charge in [-0.2, -0.15) is 0 Å². The van der Waals surface area contributed by atoms with E-state index < -0.39 is 0 Å². The van der Waals surface area contributed by atoms with Crippen molar-refractivity contribution in [3.8, 4) is 22.5 Å². The number of piperidine rings is 1. The molecule has 1 aliphatic heterocycles. The van der Waals surface area contributed by atoms with Gasteiger partial charge >= 0.3 is 0 Å². The maximum Gasteiger partial charge on any atom is 0.222 e. The molecule has 4 aromatic rings. The quantitative estimate of drug-likeness (QED) is 0.356. The molecule has 0 aliphatic carbocycles. The standard InChI is InChI=1S/C28H29N5OS/c1-19-6-3-4-8-23(19)24-17-30-28(22-7-5-13-29-16-22)32-27(24)21-11-14-33(15-12-21)26(34)10-9-25-20(2)31-18-35-25/h3-8,13,16-18,21H,9-12,14-15H2,1-2H3. The normalized spacial score (nSPS) is 14.3. The average molecular weight is 484 g/mol. The third-order valence-electron chi connectivity index (χ3n) is 6.82. The molecule has 35 heavy (non-hydrogen) atoms. The van der Waals surface area contributed by atoms with E-state index in [0.29, 0.717) is 12.2 Å². The van der Waals surface area contributed by atoms with Crippen LogP contribution < -0.4 is 0 Å². The van der Waals surface area contributed by atoms with Crippen LogP contribution in [0.15, 0.2) is 60.5 Å². The van der Waals surface area contributed by atoms with Crippen LogP contribution in [0.25, 0.3) is 22.5 Å². The number of aryl methyl sites for hydroxylation is 3. The molecule has 1 fully saturated rings. The van der Waals surface area contributed by atoms with E-state index in [2.05, 4.69) is 41.2 Å². The number of nitrogens with zero attached hydrogens (tertiary/aromatic N) is 5. The van der Waals surface area contributed by atoms with Crippen LogP contribution in [0.5, 0.6) is 0 Å². The van der Waals surface area contributed by atoms with Gasteiger partial charge in [0.1, 0.15) is 0 Å². The number of amides is 1. The van der Waals surface area contributed by atoms with Gasteiger partial charge in [-0.1, -0.05) is 24.3 Å². The molecule has 0 spiro atoms. The van der Waals surface area contributed by atoms with Crippen LogP contribution in [-0.2, 0) is 11.2 Å². The molecule has 1 aromatic carbocycles. The molecule has 178 valence electrons. The molecule has 1 aliphatic rings. The molecule has 5 rings (SSSR count). The highest BCUT2D eigenvalue weighted by Gasteiger charge is 2.27. The number of pyridine rings is 1. The summed E-state index contributed by atoms with van der Waals surface area (Å²) in [5.41, 5.74) is 8.33. The summed E-state index contributed by atoms with van der Waals surface area (Å²) in [4.78, 5) is 34.4. The van der Waals surface area contributed by atoms with Gasteiger partial charge in [0.2, 0.25) is 5.91 Å². The fraction of sp³-hybridized carbons (Fsp3) is 0.321. The Hall–Kier alpha value is -3.45. The second-order valence-corrected chi connectivity index (χ2v) is 10.0. The summed E-state index contributed by atoms with van der Waals surface area (Å²) in [5.74, 6) is 1.20. The molecule has 3 aromatic heterocycles. The summed E-state index contributed by atoms with van der Waals surface area (Å²) in [6, 6.07) is 12.3. The molecule has 0 N–H and O–H groups in total. The van der Waals surface area contributed by atoms with E-state index >= 15 is 0 Å². The Labute approximate surface area is 210 Å². The lowest BCUT2D eigenvalue weighted by molar-refractivity contribution is -0.132. The largest absolute Gasteiger partial charge is 0.343 e. The molecule has 7 heteroatoms. The smallest absolute Gasteiger partial charge is 0.222 e. The summed E-state index contributed by atoms with van der Waals surface area (Å²) in [6.07, 6.45) is 8.63. The van der Waals surface area contributed by atoms with Crippen LogP contribution >= 0.6 is 11.3 Å². The zero-order chi connectivity index (χ0) is 24.2. The van der Waals surface area contributed by atoms with Gasteiger partial charge in [-0.15, -0.1) is 11.3 Å². The Bertz CT molecular complexity index is 1310. The fourth-order valence-corrected chi connectivity index (χ4v) is 5.55. The molecule has 1 amide bonds. The number of carbonyl (C=O) groups is 1. The van der Waals surface area contributed by atoms with Crippen molar-refractivity contribution in [1.29, 1.82) is 0 Å². The minimum absolute atomic E-state index is 0.231. The highest BCUT2D eigenvalue weighted by molar-refractivity contribution is 7.09. The lowest BCUT2D eigenvalue weighted by Gasteiger charge is -2.32. The van der Waals surface area contributed by atoms with Crippen molar-refractivity contribution < 1.29 is 4.79 Å². The second kappa shape index (κ2) is 10.4. The molecule has 6 nitrogen and oxygen atoms in total. The number of benzene rings is 1. The second-order valence-electron chi connectivity index (χ2n) is 9.07. The third-order valence-corrected chi connectivity index (χ3v) is 7.81. The maximum atomic E-state index is 12.9. The number of aromatic nitrogens is 4. The Balaban J connectivity index is 1.36. The number of rotatable bonds is 6. The zero-order valence-electron chi connectivity index (χ0n) is 20.1. The van der Waals surface area contributed by atoms with Gasteiger partial charge in [-0.3, -0.25) is 9.78 Å². The molecule has 0 atom stereocenters. The van der Waals surface area contributed by atoms with Gasteiger partial charge in [0, 0.05) is 60.0 Å². The van der Waals surface area contributed by atoms with Gasteiger partial charge in [0.15, 0.2) is 5.82 Å². The van der Waals surface area contributed by atoms with Gasteiger partial charge in [0.25, 0.3) is 0 Å². The van der Waals surface area contributed by atoms with Crippen molar-refractivity contribution in [2.45, 2.75) is 45.4 Å². The minimum Gasteiger partial charge on any atom is -0.343 e. The van der Waals surface area contributed by atoms with Crippen LogP contribution in [-0.4, -0.2) is 43.8 Å². The van der Waals surface area contributed by atoms with E-state index in [1.54, 1.807) is 23.7 Å². The van der Waals surface area contributed by atoms with Gasteiger partial charge in [-0.05, 0) is 56.4 Å². The predicted octanol–water partition coefficient (Wildman–Crippen LogP) is 5.62. The van der Waals surface area contributed by atoms with Crippen molar-refractivity contribution in [3.63, 3.8) is 0 Å². The Morgan fingerprint density at radius 2 is 1.86 bits per heavy atom. The van der Waals surface area contributed by atoms with Crippen molar-refractivity contribution in [2.24, 2.45) is 0 Å². The van der Waals surface area contributed by atoms with E-state index in [9.17, 15) is 4.79 Å². The first kappa shape index (κ1) is 23.3. The van der Waals surface area contributed by atoms with Crippen LogP contribution in [0.4, 0.5) is 0 Å². The van der Waals surface area contributed by atoms with E-state index in [0.717, 1.165) is 54.9 Å². The van der Waals surface area contributed by atoms with E-state index in [4.69, 9.17) is 9.97 Å². The van der Waals surface area contributed by atoms with E-state index in [-0.39, 0.29) is 11.8 Å². The first-order chi connectivity index (χ1) is 17.1. The lowest BCUT2D eigenvalue weighted by atomic mass is 9.87. The molecular formula is C28H29N5OS. The van der Waals surface area contributed by atoms with Gasteiger partial charge in [-0.25, -0.2) is 15.0 Å². The highest BCUT2D eigenvalue weighted by atomic mass is 32.1. The summed E-state index contributed by atoms with van der Waals surface area (Å²) in [5, 5.41) is 0. The Kier molecular flexibility index (Phi) is 6.95. The van der Waals surface area contributed by atoms with Crippen molar-refractivity contribution >= 4 is 17.2 Å². The van der Waals surface area contributed by atoms with Crippen molar-refractivity contribution in [1.82, 2.24) is 24.8 Å². The van der Waals surface area contributed by atoms with Gasteiger partial charge in [0.05, 0.1) is 16.9 Å². The molecular weight excluding hydrogens is 454 g/mol. The van der Waals surface area contributed by atoms with Crippen molar-refractivity contribution in [3.05, 3.63) is 82.3 Å². The predicted molar refractivity (Wildman–Crippen MR) is 139 cm³/mol. The number of hydrogen-bond acceptors (Lipinski definition) is 6. The van der Waals surface area contributed by atoms with Crippen LogP contribution in [0, 0.1) is 13.8 Å². The Morgan fingerprint density at radius 3 is 2.57 bits per heavy atom. The van der Waals surface area contributed by atoms with Gasteiger partial charge < -0.3 is 4.90 Å². The van der Waals surface area contributed by atoms with Crippen molar-refractivity contribution in [2.75, 3.05) is 13.1 Å². The molecule has 4 heterocycles. The van der Waals surface area contributed by atoms with E-state index in [1.165, 1.54) is 16.0 Å². The molecule has 0 radical (unpaired) electrons. The summed E-state index contributed by atoms with van der Waals surface area (Å²) < 4.78 is 0. The number of thiazole rings is 1. The van der Waals surface area contributed by atoms with Crippen LogP contribution in [0.3, 0.4) is 0 Å². The van der Waals surface area contributed by atoms with Crippen LogP contribution in [0.1, 0.15) is 47.0 Å². The van der Waals surface area contributed by atoms with Crippen LogP contribution in [0.2, 0.25) is 0 Å². The first-order valence-corrected chi connectivity index (χ1v) is 13.0. The minimum atomic E-state index is 0.231. The topological polar surface area (TPSA) is 71.9 Å². The molecule has 0 saturated carbocycles. The number of hydrogen-bond donors (Lipinski definition) is 0. The summed E-state index contributed by atoms with van der Waals surface area (Å²) in [7, 11) is 0. The SMILES string of the molecule is Cc1ccccc1-c1cnc(-c2cccnc2)nc1C1CCN(C(=O)CCc2scnc2C)CC1. The molecule has 0 unspecified atom stereocenters. The molecule has 1 saturated heterocycles. The fourth-order valence-electron chi connectivity index (χ4n) is 4.77. The summed E-state index contributed by atoms with van der Waals surface area (Å²) >= 11 is 1.64. The van der Waals surface area contributed by atoms with E-state index in [1.807, 2.05) is 35.7 Å². The molecule has 0 bridgehead atoms. The maximum absolute atomic E-state index is 12.9. The third kappa shape index (κ3) is 5.15. The number of carbonyl (C=O) groups excluding carboxylic acids is 1.